The third kappa shape index (κ3) is 4.49. The predicted molar refractivity (Wildman–Crippen MR) is 97.1 cm³/mol. The maximum atomic E-state index is 11.3. The van der Waals surface area contributed by atoms with Gasteiger partial charge in [-0.05, 0) is 46.8 Å². The van der Waals surface area contributed by atoms with Gasteiger partial charge >= 0.3 is 0 Å². The van der Waals surface area contributed by atoms with Gasteiger partial charge in [-0.15, -0.1) is 0 Å². The lowest BCUT2D eigenvalue weighted by atomic mass is 10.2. The van der Waals surface area contributed by atoms with E-state index in [4.69, 9.17) is 5.21 Å². The summed E-state index contributed by atoms with van der Waals surface area (Å²) in [4.78, 5) is 15.9. The van der Waals surface area contributed by atoms with Gasteiger partial charge in [-0.2, -0.15) is 0 Å². The minimum Gasteiger partial charge on any atom is -0.360 e. The highest BCUT2D eigenvalue weighted by molar-refractivity contribution is 9.10. The van der Waals surface area contributed by atoms with E-state index in [0.29, 0.717) is 11.5 Å². The Morgan fingerprint density at radius 2 is 2.25 bits per heavy atom. The number of hydrogen-bond acceptors (Lipinski definition) is 4. The Kier molecular flexibility index (Phi) is 6.64. The normalized spacial score (nSPS) is 10.3. The van der Waals surface area contributed by atoms with Crippen LogP contribution < -0.4 is 10.8 Å². The van der Waals surface area contributed by atoms with Crippen LogP contribution in [-0.4, -0.2) is 27.0 Å². The highest BCUT2D eigenvalue weighted by Crippen LogP contribution is 2.25. The van der Waals surface area contributed by atoms with E-state index in [1.54, 1.807) is 5.48 Å². The van der Waals surface area contributed by atoms with Crippen molar-refractivity contribution in [3.8, 4) is 11.8 Å². The smallest absolute Gasteiger partial charge is 0.262 e. The third-order valence-corrected chi connectivity index (χ3v) is 4.05. The zero-order valence-corrected chi connectivity index (χ0v) is 15.4. The molecule has 0 atom stereocenters. The van der Waals surface area contributed by atoms with Crippen LogP contribution in [0.4, 0.5) is 5.82 Å². The summed E-state index contributed by atoms with van der Waals surface area (Å²) in [6, 6.07) is 1.98. The Hall–Kier alpha value is -2.04. The van der Waals surface area contributed by atoms with E-state index in [-0.39, 0.29) is 6.54 Å². The van der Waals surface area contributed by atoms with Gasteiger partial charge in [-0.1, -0.05) is 25.7 Å². The molecule has 2 rings (SSSR count). The van der Waals surface area contributed by atoms with Gasteiger partial charge < -0.3 is 5.32 Å². The molecule has 0 saturated heterocycles. The molecule has 3 N–H and O–H groups in total. The van der Waals surface area contributed by atoms with Gasteiger partial charge in [0.1, 0.15) is 5.82 Å². The molecule has 2 aromatic rings. The van der Waals surface area contributed by atoms with Crippen molar-refractivity contribution in [3.05, 3.63) is 28.0 Å². The number of aromatic nitrogens is 2. The van der Waals surface area contributed by atoms with Crippen LogP contribution >= 0.6 is 15.9 Å². The second-order valence-corrected chi connectivity index (χ2v) is 6.37. The Balaban J connectivity index is 2.36. The van der Waals surface area contributed by atoms with Crippen LogP contribution in [0.1, 0.15) is 43.9 Å². The molecular formula is C17H21BrN4O2. The van der Waals surface area contributed by atoms with E-state index in [1.165, 1.54) is 0 Å². The molecule has 0 aliphatic heterocycles. The van der Waals surface area contributed by atoms with Crippen molar-refractivity contribution >= 4 is 33.3 Å². The average molecular weight is 393 g/mol. The van der Waals surface area contributed by atoms with Gasteiger partial charge in [0.25, 0.3) is 5.91 Å². The molecular weight excluding hydrogens is 372 g/mol. The summed E-state index contributed by atoms with van der Waals surface area (Å²) in [6.45, 7) is 4.06. The number of halogens is 1. The first kappa shape index (κ1) is 18.3. The molecule has 0 saturated carbocycles. The maximum Gasteiger partial charge on any atom is 0.262 e. The van der Waals surface area contributed by atoms with Crippen molar-refractivity contribution in [2.75, 3.05) is 11.9 Å². The number of amides is 1. The largest absolute Gasteiger partial charge is 0.360 e. The lowest BCUT2D eigenvalue weighted by Crippen LogP contribution is -2.27. The SMILES string of the molecule is CCCCCC#Cc1nc2c(Br)cc(C)cn2c1NCC(=O)NO. The topological polar surface area (TPSA) is 78.7 Å². The molecule has 1 amide bonds. The van der Waals surface area contributed by atoms with Crippen LogP contribution in [0.2, 0.25) is 0 Å². The summed E-state index contributed by atoms with van der Waals surface area (Å²) in [6.07, 6.45) is 6.13. The number of carbonyl (C=O) groups excluding carboxylic acids is 1. The fourth-order valence-electron chi connectivity index (χ4n) is 2.30. The highest BCUT2D eigenvalue weighted by Gasteiger charge is 2.14. The van der Waals surface area contributed by atoms with Crippen LogP contribution in [0, 0.1) is 18.8 Å². The molecule has 6 nitrogen and oxygen atoms in total. The van der Waals surface area contributed by atoms with Gasteiger partial charge in [-0.25, -0.2) is 10.5 Å². The summed E-state index contributed by atoms with van der Waals surface area (Å²) in [5, 5.41) is 11.7. The highest BCUT2D eigenvalue weighted by atomic mass is 79.9. The standard InChI is InChI=1S/C17H21BrN4O2/c1-3-4-5-6-7-8-14-17(19-10-15(23)21-24)22-11-12(2)9-13(18)16(22)20-14/h9,11,19,24H,3-6,10H2,1-2H3,(H,21,23). The Morgan fingerprint density at radius 1 is 1.46 bits per heavy atom. The van der Waals surface area contributed by atoms with Crippen molar-refractivity contribution < 1.29 is 10.0 Å². The molecule has 0 fully saturated rings. The molecule has 0 aromatic carbocycles. The predicted octanol–water partition coefficient (Wildman–Crippen LogP) is 3.25. The molecule has 0 bridgehead atoms. The van der Waals surface area contributed by atoms with Gasteiger partial charge in [0.05, 0.1) is 11.0 Å². The van der Waals surface area contributed by atoms with Crippen LogP contribution in [-0.2, 0) is 4.79 Å². The fraction of sp³-hybridized carbons (Fsp3) is 0.412. The number of aryl methyl sites for hydroxylation is 1. The molecule has 7 heteroatoms. The number of carbonyl (C=O) groups is 1. The zero-order valence-electron chi connectivity index (χ0n) is 13.8. The Bertz CT molecular complexity index is 789. The molecule has 2 aromatic heterocycles. The van der Waals surface area contributed by atoms with Gasteiger partial charge in [0.2, 0.25) is 0 Å². The lowest BCUT2D eigenvalue weighted by molar-refractivity contribution is -0.127. The number of nitrogens with one attached hydrogen (secondary N) is 2. The van der Waals surface area contributed by atoms with Gasteiger partial charge in [0, 0.05) is 12.6 Å². The summed E-state index contributed by atoms with van der Waals surface area (Å²) in [7, 11) is 0. The second-order valence-electron chi connectivity index (χ2n) is 5.52. The minimum absolute atomic E-state index is 0.0691. The number of hydroxylamine groups is 1. The summed E-state index contributed by atoms with van der Waals surface area (Å²) < 4.78 is 2.72. The first-order valence-electron chi connectivity index (χ1n) is 7.90. The van der Waals surface area contributed by atoms with Crippen LogP contribution in [0.25, 0.3) is 5.65 Å². The molecule has 0 unspecified atom stereocenters. The number of hydrogen-bond donors (Lipinski definition) is 3. The summed E-state index contributed by atoms with van der Waals surface area (Å²) >= 11 is 3.51. The molecule has 128 valence electrons. The number of fused-ring (bicyclic) bond motifs is 1. The van der Waals surface area contributed by atoms with E-state index in [0.717, 1.165) is 41.4 Å². The number of rotatable bonds is 6. The van der Waals surface area contributed by atoms with Crippen LogP contribution in [0.5, 0.6) is 0 Å². The molecule has 24 heavy (non-hydrogen) atoms. The van der Waals surface area contributed by atoms with Crippen molar-refractivity contribution in [1.82, 2.24) is 14.9 Å². The van der Waals surface area contributed by atoms with E-state index < -0.39 is 5.91 Å². The molecule has 0 aliphatic carbocycles. The number of unbranched alkanes of at least 4 members (excludes halogenated alkanes) is 3. The molecule has 0 spiro atoms. The zero-order chi connectivity index (χ0) is 17.5. The second kappa shape index (κ2) is 8.71. The van der Waals surface area contributed by atoms with Gasteiger partial charge in [-0.3, -0.25) is 14.4 Å². The fourth-order valence-corrected chi connectivity index (χ4v) is 2.94. The van der Waals surface area contributed by atoms with Crippen molar-refractivity contribution in [1.29, 1.82) is 0 Å². The van der Waals surface area contributed by atoms with Crippen LogP contribution in [0.3, 0.4) is 0 Å². The first-order chi connectivity index (χ1) is 11.6. The van der Waals surface area contributed by atoms with E-state index >= 15 is 0 Å². The van der Waals surface area contributed by atoms with E-state index in [2.05, 4.69) is 45.0 Å². The number of pyridine rings is 1. The van der Waals surface area contributed by atoms with E-state index in [1.807, 2.05) is 23.6 Å². The van der Waals surface area contributed by atoms with Crippen molar-refractivity contribution in [3.63, 3.8) is 0 Å². The third-order valence-electron chi connectivity index (χ3n) is 3.47. The van der Waals surface area contributed by atoms with Crippen molar-refractivity contribution in [2.45, 2.75) is 39.5 Å². The summed E-state index contributed by atoms with van der Waals surface area (Å²) in [5.74, 6) is 6.34. The number of imidazole rings is 1. The monoisotopic (exact) mass is 392 g/mol. The number of nitrogens with zero attached hydrogens (tertiary/aromatic N) is 2. The molecule has 2 heterocycles. The number of anilines is 1. The van der Waals surface area contributed by atoms with Gasteiger partial charge in [0.15, 0.2) is 11.3 Å². The first-order valence-corrected chi connectivity index (χ1v) is 8.70. The lowest BCUT2D eigenvalue weighted by Gasteiger charge is -2.07. The Labute approximate surface area is 149 Å². The van der Waals surface area contributed by atoms with E-state index in [9.17, 15) is 4.79 Å². The van der Waals surface area contributed by atoms with Crippen molar-refractivity contribution in [2.24, 2.45) is 0 Å². The maximum absolute atomic E-state index is 11.3. The Morgan fingerprint density at radius 3 is 2.96 bits per heavy atom. The molecule has 0 aliphatic rings. The summed E-state index contributed by atoms with van der Waals surface area (Å²) in [5.41, 5.74) is 3.97. The van der Waals surface area contributed by atoms with Crippen LogP contribution in [0.15, 0.2) is 16.7 Å². The minimum atomic E-state index is -0.529. The molecule has 0 radical (unpaired) electrons. The quantitative estimate of drug-likeness (QED) is 0.305. The average Bonchev–Trinajstić information content (AvgIpc) is 2.90.